The topological polar surface area (TPSA) is 86.6 Å². The molecule has 31 heavy (non-hydrogen) atoms. The highest BCUT2D eigenvalue weighted by atomic mass is 31.2. The molecule has 1 aromatic rings. The lowest BCUT2D eigenvalue weighted by Crippen LogP contribution is -2.27. The summed E-state index contributed by atoms with van der Waals surface area (Å²) in [5, 5.41) is 2.20. The molecule has 0 radical (unpaired) electrons. The van der Waals surface area contributed by atoms with Crippen LogP contribution in [0.1, 0.15) is 65.4 Å². The van der Waals surface area contributed by atoms with Gasteiger partial charge in [0.1, 0.15) is 5.31 Å². The number of benzene rings is 1. The minimum absolute atomic E-state index is 0.223. The van der Waals surface area contributed by atoms with Gasteiger partial charge in [0.05, 0.1) is 0 Å². The second kappa shape index (κ2) is 14.2. The highest BCUT2D eigenvalue weighted by Crippen LogP contribution is 2.45. The number of hydrogen-bond donors (Lipinski definition) is 3. The van der Waals surface area contributed by atoms with E-state index in [4.69, 9.17) is 0 Å². The molecule has 1 unspecified atom stereocenters. The monoisotopic (exact) mass is 447 g/mol. The maximum atomic E-state index is 12.4. The zero-order valence-corrected chi connectivity index (χ0v) is 20.2. The third-order valence-electron chi connectivity index (χ3n) is 5.05. The van der Waals surface area contributed by atoms with Crippen molar-refractivity contribution in [3.63, 3.8) is 0 Å². The molecule has 3 N–H and O–H groups in total. The Bertz CT molecular complexity index is 817. The van der Waals surface area contributed by atoms with Gasteiger partial charge >= 0.3 is 7.60 Å². The van der Waals surface area contributed by atoms with Crippen LogP contribution in [0, 0.1) is 5.92 Å². The third kappa shape index (κ3) is 12.5. The van der Waals surface area contributed by atoms with Crippen LogP contribution in [0.4, 0.5) is 0 Å². The second-order valence-electron chi connectivity index (χ2n) is 8.41. The molecule has 0 saturated heterocycles. The summed E-state index contributed by atoms with van der Waals surface area (Å²) in [6, 6.07) is 9.65. The van der Waals surface area contributed by atoms with Gasteiger partial charge in [-0.2, -0.15) is 0 Å². The molecule has 0 aliphatic heterocycles. The fourth-order valence-corrected chi connectivity index (χ4v) is 3.82. The Kier molecular flexibility index (Phi) is 12.4. The lowest BCUT2D eigenvalue weighted by atomic mass is 10.00. The molecular formula is C25H38NO4P. The molecule has 0 fully saturated rings. The van der Waals surface area contributed by atoms with Crippen LogP contribution in [0.25, 0.3) is 0 Å². The van der Waals surface area contributed by atoms with Crippen LogP contribution in [-0.4, -0.2) is 22.2 Å². The van der Waals surface area contributed by atoms with E-state index in [1.165, 1.54) is 17.2 Å². The Hall–Kier alpha value is -1.94. The molecular weight excluding hydrogens is 409 g/mol. The van der Waals surface area contributed by atoms with Crippen molar-refractivity contribution in [1.29, 1.82) is 0 Å². The molecule has 0 spiro atoms. The molecule has 1 aromatic carbocycles. The van der Waals surface area contributed by atoms with Gasteiger partial charge in [0.2, 0.25) is 0 Å². The van der Waals surface area contributed by atoms with Crippen molar-refractivity contribution in [3.05, 3.63) is 70.6 Å². The molecule has 1 atom stereocenters. The maximum absolute atomic E-state index is 12.4. The van der Waals surface area contributed by atoms with E-state index in [1.807, 2.05) is 37.3 Å². The van der Waals surface area contributed by atoms with Crippen molar-refractivity contribution in [2.75, 3.05) is 6.54 Å². The van der Waals surface area contributed by atoms with Gasteiger partial charge in [-0.1, -0.05) is 66.6 Å². The van der Waals surface area contributed by atoms with Gasteiger partial charge in [0, 0.05) is 6.54 Å². The zero-order valence-electron chi connectivity index (χ0n) is 19.3. The number of carbonyl (C=O) groups excluding carboxylic acids is 1. The van der Waals surface area contributed by atoms with Crippen molar-refractivity contribution < 1.29 is 19.1 Å². The molecule has 0 bridgehead atoms. The van der Waals surface area contributed by atoms with Gasteiger partial charge in [-0.25, -0.2) is 0 Å². The van der Waals surface area contributed by atoms with E-state index in [0.29, 0.717) is 19.4 Å². The van der Waals surface area contributed by atoms with E-state index in [2.05, 4.69) is 38.2 Å². The average Bonchev–Trinajstić information content (AvgIpc) is 2.67. The summed E-state index contributed by atoms with van der Waals surface area (Å²) in [4.78, 5) is 31.6. The minimum atomic E-state index is -4.63. The molecule has 0 aliphatic rings. The first kappa shape index (κ1) is 27.1. The molecule has 0 aliphatic carbocycles. The van der Waals surface area contributed by atoms with Gasteiger partial charge < -0.3 is 15.1 Å². The first-order chi connectivity index (χ1) is 14.6. The van der Waals surface area contributed by atoms with Gasteiger partial charge in [-0.05, 0) is 70.8 Å². The summed E-state index contributed by atoms with van der Waals surface area (Å²) in [5.74, 6) is -0.466. The highest BCUT2D eigenvalue weighted by molar-refractivity contribution is 7.58. The fraction of sp³-hybridized carbons (Fsp3) is 0.480. The molecule has 0 saturated carbocycles. The lowest BCUT2D eigenvalue weighted by molar-refractivity contribution is -0.116. The summed E-state index contributed by atoms with van der Waals surface area (Å²) >= 11 is 0. The number of carbonyl (C=O) groups is 1. The normalized spacial score (nSPS) is 13.6. The summed E-state index contributed by atoms with van der Waals surface area (Å²) in [5.41, 5.74) is 3.74. The highest BCUT2D eigenvalue weighted by Gasteiger charge is 2.27. The number of hydrogen-bond acceptors (Lipinski definition) is 2. The number of rotatable bonds is 13. The summed E-state index contributed by atoms with van der Waals surface area (Å²) in [7, 11) is -4.63. The van der Waals surface area contributed by atoms with E-state index in [0.717, 1.165) is 31.2 Å². The van der Waals surface area contributed by atoms with Crippen molar-refractivity contribution in [1.82, 2.24) is 5.32 Å². The molecule has 0 aromatic heterocycles. The summed E-state index contributed by atoms with van der Waals surface area (Å²) in [6.45, 7) is 8.70. The van der Waals surface area contributed by atoms with Crippen LogP contribution >= 0.6 is 7.60 Å². The van der Waals surface area contributed by atoms with E-state index >= 15 is 0 Å². The molecule has 5 nitrogen and oxygen atoms in total. The first-order valence-electron chi connectivity index (χ1n) is 11.0. The maximum Gasteiger partial charge on any atom is 0.361 e. The van der Waals surface area contributed by atoms with Gasteiger partial charge in [-0.3, -0.25) is 9.36 Å². The number of nitrogens with one attached hydrogen (secondary N) is 1. The minimum Gasteiger partial charge on any atom is -0.351 e. The smallest absolute Gasteiger partial charge is 0.351 e. The molecule has 1 amide bonds. The Labute approximate surface area is 187 Å². The first-order valence-corrected chi connectivity index (χ1v) is 12.6. The second-order valence-corrected chi connectivity index (χ2v) is 9.98. The average molecular weight is 448 g/mol. The molecule has 1 rings (SSSR count). The van der Waals surface area contributed by atoms with E-state index in [9.17, 15) is 19.1 Å². The summed E-state index contributed by atoms with van der Waals surface area (Å²) in [6.07, 6.45) is 10.9. The van der Waals surface area contributed by atoms with E-state index < -0.39 is 18.8 Å². The Morgan fingerprint density at radius 1 is 1.06 bits per heavy atom. The van der Waals surface area contributed by atoms with Crippen LogP contribution < -0.4 is 5.32 Å². The van der Waals surface area contributed by atoms with Crippen LogP contribution in [0.3, 0.4) is 0 Å². The van der Waals surface area contributed by atoms with E-state index in [-0.39, 0.29) is 5.92 Å². The lowest BCUT2D eigenvalue weighted by Gasteiger charge is -2.13. The standard InChI is InChI=1S/C25H38NO4P/c1-20(2)10-8-11-21(3)12-9-13-22(4)16-17-24(31(28,29)30)25(27)26-19-18-23-14-6-5-7-15-23/h5-7,10,12,14-15,17,22H,8-9,11,13,16,18-19H2,1-4H3,(H,26,27)(H2,28,29,30)/b21-12+,24-17-. The zero-order chi connectivity index (χ0) is 23.3. The Balaban J connectivity index is 2.53. The predicted octanol–water partition coefficient (Wildman–Crippen LogP) is 5.91. The largest absolute Gasteiger partial charge is 0.361 e. The van der Waals surface area contributed by atoms with Crippen molar-refractivity contribution in [2.45, 2.75) is 66.2 Å². The van der Waals surface area contributed by atoms with Gasteiger partial charge in [-0.15, -0.1) is 0 Å². The fourth-order valence-electron chi connectivity index (χ4n) is 3.13. The molecule has 6 heteroatoms. The Morgan fingerprint density at radius 2 is 1.74 bits per heavy atom. The van der Waals surface area contributed by atoms with Crippen LogP contribution in [0.2, 0.25) is 0 Å². The molecule has 172 valence electrons. The van der Waals surface area contributed by atoms with E-state index in [1.54, 1.807) is 0 Å². The number of allylic oxidation sites excluding steroid dienone is 5. The number of amides is 1. The van der Waals surface area contributed by atoms with Crippen LogP contribution in [-0.2, 0) is 15.8 Å². The van der Waals surface area contributed by atoms with Gasteiger partial charge in [0.25, 0.3) is 5.91 Å². The molecule has 0 heterocycles. The van der Waals surface area contributed by atoms with Crippen LogP contribution in [0.5, 0.6) is 0 Å². The quantitative estimate of drug-likeness (QED) is 0.199. The van der Waals surface area contributed by atoms with Crippen molar-refractivity contribution in [2.24, 2.45) is 5.92 Å². The van der Waals surface area contributed by atoms with Gasteiger partial charge in [0.15, 0.2) is 0 Å². The summed E-state index contributed by atoms with van der Waals surface area (Å²) < 4.78 is 11.8. The van der Waals surface area contributed by atoms with Crippen molar-refractivity contribution in [3.8, 4) is 0 Å². The van der Waals surface area contributed by atoms with Crippen LogP contribution in [0.15, 0.2) is 65.0 Å². The van der Waals surface area contributed by atoms with Crippen molar-refractivity contribution >= 4 is 13.5 Å². The SMILES string of the molecule is CC(C)=CCC/C(C)=C/CCC(C)C/C=C(/C(=O)NCCc1ccccc1)P(=O)(O)O. The Morgan fingerprint density at radius 3 is 2.35 bits per heavy atom. The third-order valence-corrected chi connectivity index (χ3v) is 6.06. The predicted molar refractivity (Wildman–Crippen MR) is 129 cm³/mol.